The SMILES string of the molecule is O=Nc1ccc(C=CC(=O)O)cc1. The van der Waals surface area contributed by atoms with Gasteiger partial charge in [0.05, 0.1) is 0 Å². The van der Waals surface area contributed by atoms with Gasteiger partial charge in [-0.1, -0.05) is 12.1 Å². The molecule has 13 heavy (non-hydrogen) atoms. The lowest BCUT2D eigenvalue weighted by molar-refractivity contribution is -0.131. The Morgan fingerprint density at radius 1 is 1.31 bits per heavy atom. The number of carboxylic acids is 1. The molecule has 4 nitrogen and oxygen atoms in total. The Morgan fingerprint density at radius 3 is 2.38 bits per heavy atom. The van der Waals surface area contributed by atoms with Crippen LogP contribution in [-0.4, -0.2) is 11.1 Å². The molecule has 0 spiro atoms. The molecule has 0 heterocycles. The molecule has 1 rings (SSSR count). The average Bonchev–Trinajstić information content (AvgIpc) is 2.15. The van der Waals surface area contributed by atoms with Crippen molar-refractivity contribution >= 4 is 17.7 Å². The summed E-state index contributed by atoms with van der Waals surface area (Å²) in [7, 11) is 0. The van der Waals surface area contributed by atoms with Crippen molar-refractivity contribution in [3.8, 4) is 0 Å². The Morgan fingerprint density at radius 2 is 1.92 bits per heavy atom. The monoisotopic (exact) mass is 177 g/mol. The molecule has 1 aromatic carbocycles. The van der Waals surface area contributed by atoms with Gasteiger partial charge < -0.3 is 5.11 Å². The molecule has 0 aliphatic rings. The Balaban J connectivity index is 2.80. The van der Waals surface area contributed by atoms with Crippen molar-refractivity contribution in [1.29, 1.82) is 0 Å². The number of aliphatic carboxylic acids is 1. The van der Waals surface area contributed by atoms with Crippen LogP contribution in [0, 0.1) is 4.91 Å². The molecule has 0 aliphatic heterocycles. The smallest absolute Gasteiger partial charge is 0.328 e. The third-order valence-corrected chi connectivity index (χ3v) is 1.42. The summed E-state index contributed by atoms with van der Waals surface area (Å²) < 4.78 is 0. The van der Waals surface area contributed by atoms with Crippen molar-refractivity contribution in [2.24, 2.45) is 5.18 Å². The van der Waals surface area contributed by atoms with Crippen LogP contribution in [0.3, 0.4) is 0 Å². The highest BCUT2D eigenvalue weighted by molar-refractivity contribution is 5.85. The predicted molar refractivity (Wildman–Crippen MR) is 48.6 cm³/mol. The fourth-order valence-corrected chi connectivity index (χ4v) is 0.814. The van der Waals surface area contributed by atoms with E-state index < -0.39 is 5.97 Å². The summed E-state index contributed by atoms with van der Waals surface area (Å²) in [5.74, 6) is -1.00. The molecule has 66 valence electrons. The van der Waals surface area contributed by atoms with Crippen LogP contribution in [0.1, 0.15) is 5.56 Å². The maximum absolute atomic E-state index is 10.1. The van der Waals surface area contributed by atoms with Crippen molar-refractivity contribution in [3.05, 3.63) is 40.8 Å². The zero-order chi connectivity index (χ0) is 9.68. The van der Waals surface area contributed by atoms with Crippen molar-refractivity contribution in [1.82, 2.24) is 0 Å². The summed E-state index contributed by atoms with van der Waals surface area (Å²) in [5.41, 5.74) is 1.04. The third kappa shape index (κ3) is 2.86. The fourth-order valence-electron chi connectivity index (χ4n) is 0.814. The molecular weight excluding hydrogens is 170 g/mol. The van der Waals surface area contributed by atoms with Crippen LogP contribution in [0.4, 0.5) is 5.69 Å². The van der Waals surface area contributed by atoms with Gasteiger partial charge in [0.15, 0.2) is 0 Å². The van der Waals surface area contributed by atoms with Gasteiger partial charge in [0, 0.05) is 6.08 Å². The highest BCUT2D eigenvalue weighted by atomic mass is 16.4. The highest BCUT2D eigenvalue weighted by Gasteiger charge is 1.91. The average molecular weight is 177 g/mol. The molecular formula is C9H7NO3. The molecule has 0 amide bonds. The van der Waals surface area contributed by atoms with Crippen LogP contribution < -0.4 is 0 Å². The first kappa shape index (κ1) is 9.12. The third-order valence-electron chi connectivity index (χ3n) is 1.42. The zero-order valence-electron chi connectivity index (χ0n) is 6.68. The number of carbonyl (C=O) groups is 1. The first-order valence-electron chi connectivity index (χ1n) is 3.57. The van der Waals surface area contributed by atoms with E-state index in [1.54, 1.807) is 12.1 Å². The lowest BCUT2D eigenvalue weighted by Gasteiger charge is -1.91. The maximum Gasteiger partial charge on any atom is 0.328 e. The van der Waals surface area contributed by atoms with E-state index in [4.69, 9.17) is 5.11 Å². The molecule has 0 saturated carbocycles. The van der Waals surface area contributed by atoms with Crippen LogP contribution in [0.15, 0.2) is 35.5 Å². The van der Waals surface area contributed by atoms with Crippen LogP contribution in [0.25, 0.3) is 6.08 Å². The normalized spacial score (nSPS) is 10.2. The van der Waals surface area contributed by atoms with E-state index in [1.165, 1.54) is 18.2 Å². The first-order valence-corrected chi connectivity index (χ1v) is 3.57. The summed E-state index contributed by atoms with van der Waals surface area (Å²) in [5, 5.41) is 11.0. The van der Waals surface area contributed by atoms with E-state index in [9.17, 15) is 9.70 Å². The molecule has 0 aliphatic carbocycles. The van der Waals surface area contributed by atoms with E-state index in [0.29, 0.717) is 5.69 Å². The van der Waals surface area contributed by atoms with E-state index in [-0.39, 0.29) is 0 Å². The molecule has 1 N–H and O–H groups in total. The number of benzene rings is 1. The molecule has 0 saturated heterocycles. The molecule has 4 heteroatoms. The van der Waals surface area contributed by atoms with Gasteiger partial charge in [0.1, 0.15) is 5.69 Å². The minimum Gasteiger partial charge on any atom is -0.478 e. The summed E-state index contributed by atoms with van der Waals surface area (Å²) in [6, 6.07) is 6.29. The number of hydrogen-bond donors (Lipinski definition) is 1. The lowest BCUT2D eigenvalue weighted by Crippen LogP contribution is -1.85. The van der Waals surface area contributed by atoms with Crippen molar-refractivity contribution in [3.63, 3.8) is 0 Å². The van der Waals surface area contributed by atoms with Gasteiger partial charge in [0.2, 0.25) is 0 Å². The second-order valence-corrected chi connectivity index (χ2v) is 2.35. The molecule has 0 unspecified atom stereocenters. The van der Waals surface area contributed by atoms with Crippen LogP contribution >= 0.6 is 0 Å². The van der Waals surface area contributed by atoms with Gasteiger partial charge in [-0.2, -0.15) is 0 Å². The van der Waals surface area contributed by atoms with Crippen LogP contribution in [-0.2, 0) is 4.79 Å². The number of nitroso groups, excluding NO2 is 1. The summed E-state index contributed by atoms with van der Waals surface area (Å²) >= 11 is 0. The van der Waals surface area contributed by atoms with Gasteiger partial charge in [0.25, 0.3) is 0 Å². The van der Waals surface area contributed by atoms with Crippen molar-refractivity contribution < 1.29 is 9.90 Å². The predicted octanol–water partition coefficient (Wildman–Crippen LogP) is 2.18. The lowest BCUT2D eigenvalue weighted by atomic mass is 10.2. The second kappa shape index (κ2) is 4.15. The molecule has 1 aromatic rings. The Bertz CT molecular complexity index is 340. The second-order valence-electron chi connectivity index (χ2n) is 2.35. The standard InChI is InChI=1S/C9H7NO3/c11-9(12)6-3-7-1-4-8(10-13)5-2-7/h1-6H,(H,11,12). The minimum absolute atomic E-state index is 0.326. The molecule has 0 aromatic heterocycles. The van der Waals surface area contributed by atoms with Gasteiger partial charge in [-0.05, 0) is 28.9 Å². The van der Waals surface area contributed by atoms with E-state index in [2.05, 4.69) is 5.18 Å². The number of carboxylic acid groups (broad SMARTS) is 1. The number of rotatable bonds is 3. The Kier molecular flexibility index (Phi) is 2.92. The van der Waals surface area contributed by atoms with Gasteiger partial charge >= 0.3 is 5.97 Å². The van der Waals surface area contributed by atoms with Crippen LogP contribution in [0.5, 0.6) is 0 Å². The fraction of sp³-hybridized carbons (Fsp3) is 0. The largest absolute Gasteiger partial charge is 0.478 e. The molecule has 0 atom stereocenters. The van der Waals surface area contributed by atoms with Crippen molar-refractivity contribution in [2.45, 2.75) is 0 Å². The number of nitrogens with zero attached hydrogens (tertiary/aromatic N) is 1. The Hall–Kier alpha value is -1.97. The zero-order valence-corrected chi connectivity index (χ0v) is 6.68. The topological polar surface area (TPSA) is 66.7 Å². The van der Waals surface area contributed by atoms with Gasteiger partial charge in [-0.15, -0.1) is 4.91 Å². The quantitative estimate of drug-likeness (QED) is 0.568. The summed E-state index contributed by atoms with van der Waals surface area (Å²) in [4.78, 5) is 20.2. The summed E-state index contributed by atoms with van der Waals surface area (Å²) in [6.45, 7) is 0. The first-order chi connectivity index (χ1) is 6.22. The highest BCUT2D eigenvalue weighted by Crippen LogP contribution is 2.12. The van der Waals surface area contributed by atoms with E-state index >= 15 is 0 Å². The van der Waals surface area contributed by atoms with Crippen molar-refractivity contribution in [2.75, 3.05) is 0 Å². The van der Waals surface area contributed by atoms with E-state index in [1.807, 2.05) is 0 Å². The molecule has 0 fully saturated rings. The van der Waals surface area contributed by atoms with Crippen LogP contribution in [0.2, 0.25) is 0 Å². The minimum atomic E-state index is -1.00. The summed E-state index contributed by atoms with van der Waals surface area (Å²) in [6.07, 6.45) is 2.47. The number of hydrogen-bond acceptors (Lipinski definition) is 3. The molecule has 0 bridgehead atoms. The Labute approximate surface area is 74.5 Å². The maximum atomic E-state index is 10.1. The van der Waals surface area contributed by atoms with Gasteiger partial charge in [-0.3, -0.25) is 0 Å². The molecule has 0 radical (unpaired) electrons. The van der Waals surface area contributed by atoms with E-state index in [0.717, 1.165) is 11.6 Å². The van der Waals surface area contributed by atoms with Gasteiger partial charge in [-0.25, -0.2) is 4.79 Å².